The number of carbonyl (C=O) groups is 1. The number of aliphatic carboxylic acids is 1. The van der Waals surface area contributed by atoms with Gasteiger partial charge in [0.25, 0.3) is 0 Å². The highest BCUT2D eigenvalue weighted by Crippen LogP contribution is 2.50. The highest BCUT2D eigenvalue weighted by atomic mass is 32.1. The van der Waals surface area contributed by atoms with Gasteiger partial charge >= 0.3 is 5.97 Å². The quantitative estimate of drug-likeness (QED) is 0.292. The molecule has 1 atom stereocenters. The molecule has 40 heavy (non-hydrogen) atoms. The lowest BCUT2D eigenvalue weighted by Crippen LogP contribution is -2.31. The fraction of sp³-hybridized carbons (Fsp3) is 0.438. The molecule has 0 fully saturated rings. The molecule has 0 unspecified atom stereocenters. The molecule has 0 radical (unpaired) electrons. The van der Waals surface area contributed by atoms with Crippen LogP contribution >= 0.6 is 11.3 Å². The Labute approximate surface area is 240 Å². The number of nitrogens with zero attached hydrogens (tertiary/aromatic N) is 4. The molecule has 2 aliphatic heterocycles. The fourth-order valence-electron chi connectivity index (χ4n) is 6.25. The minimum Gasteiger partial charge on any atom is -0.479 e. The van der Waals surface area contributed by atoms with Crippen molar-refractivity contribution in [3.05, 3.63) is 63.3 Å². The van der Waals surface area contributed by atoms with Crippen molar-refractivity contribution >= 4 is 39.0 Å². The van der Waals surface area contributed by atoms with E-state index >= 15 is 0 Å². The standard InChI is InChI=1S/C32H38N4O3S/c1-18-8-10-21(11-9-18)26-22-16-19(2)35-14-15-36(31-33-23-12-13-34(7)17-24(23)40-31)27(28(22)35)20(3)25(26)29(30(37)38)39-32(4,5)6/h8-11,16,29H,12-15,17H2,1-7H3,(H,37,38)/t29-/m0/s1. The van der Waals surface area contributed by atoms with Crippen molar-refractivity contribution in [1.82, 2.24) is 14.5 Å². The average Bonchev–Trinajstić information content (AvgIpc) is 3.45. The van der Waals surface area contributed by atoms with Crippen LogP contribution in [0.2, 0.25) is 0 Å². The molecule has 2 aromatic heterocycles. The van der Waals surface area contributed by atoms with E-state index in [0.29, 0.717) is 0 Å². The maximum atomic E-state index is 12.9. The zero-order valence-electron chi connectivity index (χ0n) is 24.5. The monoisotopic (exact) mass is 558 g/mol. The van der Waals surface area contributed by atoms with E-state index < -0.39 is 17.7 Å². The van der Waals surface area contributed by atoms with Crippen molar-refractivity contribution in [2.75, 3.05) is 25.0 Å². The number of aryl methyl sites for hydroxylation is 2. The average molecular weight is 559 g/mol. The van der Waals surface area contributed by atoms with Crippen LogP contribution in [0.1, 0.15) is 59.8 Å². The van der Waals surface area contributed by atoms with Gasteiger partial charge in [-0.25, -0.2) is 9.78 Å². The summed E-state index contributed by atoms with van der Waals surface area (Å²) in [5.74, 6) is -0.982. The maximum absolute atomic E-state index is 12.9. The van der Waals surface area contributed by atoms with Gasteiger partial charge in [-0.15, -0.1) is 0 Å². The number of rotatable bonds is 5. The van der Waals surface area contributed by atoms with Crippen LogP contribution in [0.25, 0.3) is 22.0 Å². The van der Waals surface area contributed by atoms with Gasteiger partial charge in [0, 0.05) is 54.1 Å². The largest absolute Gasteiger partial charge is 0.479 e. The second-order valence-electron chi connectivity index (χ2n) is 12.3. The third kappa shape index (κ3) is 4.52. The molecule has 0 saturated heterocycles. The van der Waals surface area contributed by atoms with Crippen LogP contribution in [0.3, 0.4) is 0 Å². The molecule has 0 amide bonds. The lowest BCUT2D eigenvalue weighted by Gasteiger charge is -2.34. The number of anilines is 2. The van der Waals surface area contributed by atoms with E-state index in [0.717, 1.165) is 82.1 Å². The molecule has 2 aromatic carbocycles. The molecule has 7 nitrogen and oxygen atoms in total. The number of hydrogen-bond donors (Lipinski definition) is 1. The van der Waals surface area contributed by atoms with Gasteiger partial charge in [0.1, 0.15) is 0 Å². The highest BCUT2D eigenvalue weighted by molar-refractivity contribution is 7.15. The Morgan fingerprint density at radius 3 is 2.50 bits per heavy atom. The number of benzene rings is 2. The fourth-order valence-corrected chi connectivity index (χ4v) is 7.47. The van der Waals surface area contributed by atoms with Gasteiger partial charge in [-0.3, -0.25) is 0 Å². The summed E-state index contributed by atoms with van der Waals surface area (Å²) < 4.78 is 8.72. The summed E-state index contributed by atoms with van der Waals surface area (Å²) in [5.41, 5.74) is 8.67. The van der Waals surface area contributed by atoms with E-state index in [2.05, 4.69) is 72.5 Å². The molecule has 1 N–H and O–H groups in total. The summed E-state index contributed by atoms with van der Waals surface area (Å²) in [6, 6.07) is 10.6. The molecule has 2 aliphatic rings. The Morgan fingerprint density at radius 1 is 1.10 bits per heavy atom. The predicted molar refractivity (Wildman–Crippen MR) is 162 cm³/mol. The highest BCUT2D eigenvalue weighted by Gasteiger charge is 2.37. The number of carboxylic acid groups (broad SMARTS) is 1. The second-order valence-corrected chi connectivity index (χ2v) is 13.3. The summed E-state index contributed by atoms with van der Waals surface area (Å²) in [7, 11) is 2.16. The van der Waals surface area contributed by atoms with Crippen LogP contribution in [0, 0.1) is 20.8 Å². The molecule has 0 aliphatic carbocycles. The lowest BCUT2D eigenvalue weighted by atomic mass is 9.87. The molecule has 6 rings (SSSR count). The minimum absolute atomic E-state index is 0.645. The van der Waals surface area contributed by atoms with Gasteiger partial charge in [0.2, 0.25) is 0 Å². The van der Waals surface area contributed by atoms with Crippen molar-refractivity contribution in [3.63, 3.8) is 0 Å². The van der Waals surface area contributed by atoms with Gasteiger partial charge in [-0.05, 0) is 71.3 Å². The Balaban J connectivity index is 1.66. The summed E-state index contributed by atoms with van der Waals surface area (Å²) in [6.45, 7) is 15.6. The summed E-state index contributed by atoms with van der Waals surface area (Å²) in [4.78, 5) is 24.1. The SMILES string of the molecule is Cc1ccc(-c2c([C@H](OC(C)(C)C)C(=O)O)c(C)c3c4c2cc(C)n4CCN3c2nc3c(s2)CN(C)CC3)cc1. The second kappa shape index (κ2) is 9.72. The van der Waals surface area contributed by atoms with Crippen LogP contribution in [0.15, 0.2) is 30.3 Å². The summed E-state index contributed by atoms with van der Waals surface area (Å²) >= 11 is 1.77. The number of fused-ring (bicyclic) bond motifs is 1. The van der Waals surface area contributed by atoms with E-state index in [9.17, 15) is 9.90 Å². The minimum atomic E-state index is -1.12. The third-order valence-corrected chi connectivity index (χ3v) is 9.19. The Morgan fingerprint density at radius 2 is 1.82 bits per heavy atom. The van der Waals surface area contributed by atoms with Gasteiger partial charge < -0.3 is 24.2 Å². The van der Waals surface area contributed by atoms with E-state index in [1.807, 2.05) is 20.8 Å². The normalized spacial score (nSPS) is 16.4. The van der Waals surface area contributed by atoms with Crippen molar-refractivity contribution in [2.24, 2.45) is 0 Å². The van der Waals surface area contributed by atoms with Crippen LogP contribution in [-0.2, 0) is 29.0 Å². The third-order valence-electron chi connectivity index (χ3n) is 8.08. The molecule has 8 heteroatoms. The first-order chi connectivity index (χ1) is 18.9. The topological polar surface area (TPSA) is 70.8 Å². The number of aromatic nitrogens is 2. The van der Waals surface area contributed by atoms with Crippen molar-refractivity contribution < 1.29 is 14.6 Å². The summed E-state index contributed by atoms with van der Waals surface area (Å²) in [5, 5.41) is 12.7. The first-order valence-corrected chi connectivity index (χ1v) is 14.8. The molecule has 210 valence electrons. The zero-order chi connectivity index (χ0) is 28.5. The molecule has 4 heterocycles. The Bertz CT molecular complexity index is 1630. The number of ether oxygens (including phenoxy) is 1. The first kappa shape index (κ1) is 27.0. The molecule has 0 spiro atoms. The van der Waals surface area contributed by atoms with Gasteiger partial charge in [0.15, 0.2) is 11.2 Å². The smallest absolute Gasteiger partial charge is 0.337 e. The first-order valence-electron chi connectivity index (χ1n) is 14.0. The van der Waals surface area contributed by atoms with Gasteiger partial charge in [0.05, 0.1) is 22.5 Å². The van der Waals surface area contributed by atoms with Crippen LogP contribution in [0.5, 0.6) is 0 Å². The number of hydrogen-bond acceptors (Lipinski definition) is 6. The molecular formula is C32H38N4O3S. The molecule has 4 aromatic rings. The number of likely N-dealkylation sites (N-methyl/N-ethyl adjacent to an activating group) is 1. The van der Waals surface area contributed by atoms with Gasteiger partial charge in [-0.2, -0.15) is 0 Å². The molecular weight excluding hydrogens is 520 g/mol. The number of thiazole rings is 1. The molecule has 0 saturated carbocycles. The van der Waals surface area contributed by atoms with Crippen molar-refractivity contribution in [1.29, 1.82) is 0 Å². The van der Waals surface area contributed by atoms with E-state index in [4.69, 9.17) is 9.72 Å². The Hall–Kier alpha value is -3.20. The maximum Gasteiger partial charge on any atom is 0.337 e. The van der Waals surface area contributed by atoms with Gasteiger partial charge in [-0.1, -0.05) is 41.2 Å². The van der Waals surface area contributed by atoms with Crippen LogP contribution < -0.4 is 4.90 Å². The van der Waals surface area contributed by atoms with E-state index in [1.54, 1.807) is 11.3 Å². The molecule has 0 bridgehead atoms. The van der Waals surface area contributed by atoms with Crippen molar-refractivity contribution in [2.45, 2.75) is 72.8 Å². The van der Waals surface area contributed by atoms with E-state index in [-0.39, 0.29) is 0 Å². The van der Waals surface area contributed by atoms with Crippen molar-refractivity contribution in [3.8, 4) is 11.1 Å². The van der Waals surface area contributed by atoms with Crippen LogP contribution in [-0.4, -0.2) is 51.3 Å². The summed E-state index contributed by atoms with van der Waals surface area (Å²) in [6.07, 6.45) is -0.166. The Kier molecular flexibility index (Phi) is 6.56. The lowest BCUT2D eigenvalue weighted by molar-refractivity contribution is -0.160. The zero-order valence-corrected chi connectivity index (χ0v) is 25.3. The number of carboxylic acids is 1. The predicted octanol–water partition coefficient (Wildman–Crippen LogP) is 6.77. The van der Waals surface area contributed by atoms with E-state index in [1.165, 1.54) is 16.3 Å². The van der Waals surface area contributed by atoms with Crippen LogP contribution in [0.4, 0.5) is 10.8 Å².